The Kier molecular flexibility index (Phi) is 5.04. The molecule has 3 heteroatoms. The van der Waals surface area contributed by atoms with Gasteiger partial charge >= 0.3 is 0 Å². The Morgan fingerprint density at radius 1 is 1.08 bits per heavy atom. The van der Waals surface area contributed by atoms with Crippen LogP contribution in [0.3, 0.4) is 0 Å². The number of aromatic nitrogens is 2. The Balaban J connectivity index is 0.000000671. The first kappa shape index (κ1) is 11.9. The number of nitrogens with zero attached hydrogens (tertiary/aromatic N) is 2. The molecule has 0 aliphatic rings. The molecule has 0 unspecified atom stereocenters. The van der Waals surface area contributed by atoms with Gasteiger partial charge in [-0.25, -0.2) is 9.97 Å². The van der Waals surface area contributed by atoms with Crippen molar-refractivity contribution >= 4 is 5.95 Å². The maximum Gasteiger partial charge on any atom is 0.220 e. The normalized spacial score (nSPS) is 9.00. The molecule has 1 heterocycles. The topological polar surface area (TPSA) is 51.8 Å². The van der Waals surface area contributed by atoms with E-state index < -0.39 is 0 Å². The van der Waals surface area contributed by atoms with Crippen LogP contribution in [-0.2, 0) is 6.42 Å². The molecule has 0 amide bonds. The predicted octanol–water partition coefficient (Wildman–Crippen LogP) is 2.26. The molecule has 0 spiro atoms. The van der Waals surface area contributed by atoms with Gasteiger partial charge in [0.1, 0.15) is 0 Å². The average molecular weight is 181 g/mol. The number of anilines is 1. The maximum absolute atomic E-state index is 5.46. The van der Waals surface area contributed by atoms with Crippen LogP contribution in [0.25, 0.3) is 0 Å². The summed E-state index contributed by atoms with van der Waals surface area (Å²) < 4.78 is 0. The molecule has 0 saturated heterocycles. The van der Waals surface area contributed by atoms with E-state index >= 15 is 0 Å². The van der Waals surface area contributed by atoms with Gasteiger partial charge in [0.2, 0.25) is 5.95 Å². The monoisotopic (exact) mass is 181 g/mol. The van der Waals surface area contributed by atoms with Crippen LogP contribution in [0.15, 0.2) is 0 Å². The summed E-state index contributed by atoms with van der Waals surface area (Å²) in [7, 11) is 0. The number of hydrogen-bond donors (Lipinski definition) is 1. The summed E-state index contributed by atoms with van der Waals surface area (Å²) in [5, 5.41) is 0. The fourth-order valence-corrected chi connectivity index (χ4v) is 1.28. The molecule has 0 aromatic carbocycles. The summed E-state index contributed by atoms with van der Waals surface area (Å²) in [4.78, 5) is 8.14. The molecular formula is C10H19N3. The van der Waals surface area contributed by atoms with E-state index in [1.165, 1.54) is 5.56 Å². The third-order valence-corrected chi connectivity index (χ3v) is 1.79. The first-order valence-corrected chi connectivity index (χ1v) is 4.74. The zero-order valence-corrected chi connectivity index (χ0v) is 9.18. The van der Waals surface area contributed by atoms with Crippen molar-refractivity contribution in [1.29, 1.82) is 0 Å². The predicted molar refractivity (Wildman–Crippen MR) is 56.6 cm³/mol. The largest absolute Gasteiger partial charge is 0.368 e. The Hall–Kier alpha value is -1.12. The molecule has 0 aliphatic heterocycles. The molecule has 1 rings (SSSR count). The zero-order valence-electron chi connectivity index (χ0n) is 9.18. The first-order chi connectivity index (χ1) is 6.15. The fourth-order valence-electron chi connectivity index (χ4n) is 1.28. The van der Waals surface area contributed by atoms with Gasteiger partial charge in [-0.05, 0) is 25.8 Å². The number of aryl methyl sites for hydroxylation is 2. The van der Waals surface area contributed by atoms with Crippen LogP contribution in [0.1, 0.15) is 37.7 Å². The lowest BCUT2D eigenvalue weighted by Gasteiger charge is -2.05. The highest BCUT2D eigenvalue weighted by Gasteiger charge is 2.03. The van der Waals surface area contributed by atoms with Crippen molar-refractivity contribution in [2.75, 3.05) is 5.73 Å². The minimum Gasteiger partial charge on any atom is -0.368 e. The Morgan fingerprint density at radius 3 is 1.77 bits per heavy atom. The molecule has 0 saturated carbocycles. The summed E-state index contributed by atoms with van der Waals surface area (Å²) in [6.07, 6.45) is 0.970. The van der Waals surface area contributed by atoms with E-state index in [0.717, 1.165) is 17.8 Å². The zero-order chi connectivity index (χ0) is 10.4. The molecule has 74 valence electrons. The number of hydrogen-bond acceptors (Lipinski definition) is 3. The van der Waals surface area contributed by atoms with Crippen LogP contribution < -0.4 is 5.73 Å². The van der Waals surface area contributed by atoms with Crippen LogP contribution >= 0.6 is 0 Å². The van der Waals surface area contributed by atoms with Gasteiger partial charge in [-0.1, -0.05) is 20.8 Å². The van der Waals surface area contributed by atoms with E-state index in [4.69, 9.17) is 5.73 Å². The van der Waals surface area contributed by atoms with Crippen molar-refractivity contribution < 1.29 is 0 Å². The summed E-state index contributed by atoms with van der Waals surface area (Å²) in [6, 6.07) is 0. The van der Waals surface area contributed by atoms with Crippen molar-refractivity contribution in [3.05, 3.63) is 17.0 Å². The molecule has 0 aliphatic carbocycles. The Bertz CT molecular complexity index is 246. The molecule has 13 heavy (non-hydrogen) atoms. The van der Waals surface area contributed by atoms with Gasteiger partial charge in [-0.2, -0.15) is 0 Å². The van der Waals surface area contributed by atoms with Crippen molar-refractivity contribution in [1.82, 2.24) is 9.97 Å². The van der Waals surface area contributed by atoms with E-state index in [1.54, 1.807) is 0 Å². The van der Waals surface area contributed by atoms with Crippen LogP contribution in [0.4, 0.5) is 5.95 Å². The number of rotatable bonds is 1. The minimum atomic E-state index is 0.372. The smallest absolute Gasteiger partial charge is 0.220 e. The van der Waals surface area contributed by atoms with E-state index in [2.05, 4.69) is 16.9 Å². The van der Waals surface area contributed by atoms with Gasteiger partial charge < -0.3 is 5.73 Å². The fraction of sp³-hybridized carbons (Fsp3) is 0.600. The van der Waals surface area contributed by atoms with Gasteiger partial charge in [0.15, 0.2) is 0 Å². The molecule has 1 aromatic heterocycles. The molecule has 3 nitrogen and oxygen atoms in total. The van der Waals surface area contributed by atoms with Gasteiger partial charge in [-0.15, -0.1) is 0 Å². The molecule has 0 bridgehead atoms. The Morgan fingerprint density at radius 2 is 1.46 bits per heavy atom. The van der Waals surface area contributed by atoms with Crippen molar-refractivity contribution in [2.24, 2.45) is 0 Å². The van der Waals surface area contributed by atoms with Gasteiger partial charge in [0.25, 0.3) is 0 Å². The number of nitrogen functional groups attached to an aromatic ring is 1. The summed E-state index contributed by atoms with van der Waals surface area (Å²) in [5.41, 5.74) is 8.66. The minimum absolute atomic E-state index is 0.372. The van der Waals surface area contributed by atoms with Gasteiger partial charge in [0, 0.05) is 11.4 Å². The van der Waals surface area contributed by atoms with Gasteiger partial charge in [0.05, 0.1) is 0 Å². The Labute approximate surface area is 80.4 Å². The summed E-state index contributed by atoms with van der Waals surface area (Å²) in [6.45, 7) is 10.0. The third kappa shape index (κ3) is 3.01. The van der Waals surface area contributed by atoms with Crippen molar-refractivity contribution in [3.8, 4) is 0 Å². The summed E-state index contributed by atoms with van der Waals surface area (Å²) in [5.74, 6) is 0.372. The lowest BCUT2D eigenvalue weighted by atomic mass is 10.1. The average Bonchev–Trinajstić information content (AvgIpc) is 2.07. The third-order valence-electron chi connectivity index (χ3n) is 1.79. The molecule has 0 fully saturated rings. The lowest BCUT2D eigenvalue weighted by molar-refractivity contribution is 0.965. The van der Waals surface area contributed by atoms with E-state index in [0.29, 0.717) is 5.95 Å². The SMILES string of the molecule is CC.CCc1c(C)nc(N)nc1C. The van der Waals surface area contributed by atoms with Crippen molar-refractivity contribution in [3.63, 3.8) is 0 Å². The number of nitrogens with two attached hydrogens (primary N) is 1. The van der Waals surface area contributed by atoms with Crippen molar-refractivity contribution in [2.45, 2.75) is 41.0 Å². The molecule has 0 radical (unpaired) electrons. The maximum atomic E-state index is 5.46. The van der Waals surface area contributed by atoms with Crippen LogP contribution in [0, 0.1) is 13.8 Å². The van der Waals surface area contributed by atoms with Crippen LogP contribution in [0.5, 0.6) is 0 Å². The molecule has 2 N–H and O–H groups in total. The van der Waals surface area contributed by atoms with E-state index in [9.17, 15) is 0 Å². The highest BCUT2D eigenvalue weighted by atomic mass is 15.0. The highest BCUT2D eigenvalue weighted by Crippen LogP contribution is 2.10. The summed E-state index contributed by atoms with van der Waals surface area (Å²) >= 11 is 0. The van der Waals surface area contributed by atoms with Gasteiger partial charge in [-0.3, -0.25) is 0 Å². The molecule has 1 aromatic rings. The van der Waals surface area contributed by atoms with Crippen LogP contribution in [0.2, 0.25) is 0 Å². The van der Waals surface area contributed by atoms with E-state index in [-0.39, 0.29) is 0 Å². The lowest BCUT2D eigenvalue weighted by Crippen LogP contribution is -2.03. The second kappa shape index (κ2) is 5.51. The van der Waals surface area contributed by atoms with Crippen LogP contribution in [-0.4, -0.2) is 9.97 Å². The highest BCUT2D eigenvalue weighted by molar-refractivity contribution is 5.30. The molecule has 0 atom stereocenters. The molecular weight excluding hydrogens is 162 g/mol. The standard InChI is InChI=1S/C8H13N3.C2H6/c1-4-7-5(2)10-8(9)11-6(7)3;1-2/h4H2,1-3H3,(H2,9,10,11);1-2H3. The van der Waals surface area contributed by atoms with E-state index in [1.807, 2.05) is 27.7 Å². The first-order valence-electron chi connectivity index (χ1n) is 4.74. The second-order valence-corrected chi connectivity index (χ2v) is 2.58. The quantitative estimate of drug-likeness (QED) is 0.723. The second-order valence-electron chi connectivity index (χ2n) is 2.58.